The third-order valence-corrected chi connectivity index (χ3v) is 3.63. The Kier molecular flexibility index (Phi) is 6.22. The summed E-state index contributed by atoms with van der Waals surface area (Å²) in [5, 5.41) is 0. The maximum Gasteiger partial charge on any atom is 0.124 e. The van der Waals surface area contributed by atoms with E-state index in [0.29, 0.717) is 11.6 Å². The summed E-state index contributed by atoms with van der Waals surface area (Å²) in [6, 6.07) is 5.06. The number of halogens is 1. The van der Waals surface area contributed by atoms with Crippen molar-refractivity contribution in [3.63, 3.8) is 0 Å². The van der Waals surface area contributed by atoms with Crippen LogP contribution in [0.25, 0.3) is 0 Å². The zero-order valence-corrected chi connectivity index (χ0v) is 12.8. The lowest BCUT2D eigenvalue weighted by Gasteiger charge is -2.32. The minimum absolute atomic E-state index is 0.249. The van der Waals surface area contributed by atoms with Gasteiger partial charge >= 0.3 is 0 Å². The molecule has 1 unspecified atom stereocenters. The lowest BCUT2D eigenvalue weighted by atomic mass is 10.1. The number of anilines is 1. The molecule has 1 atom stereocenters. The quantitative estimate of drug-likeness (QED) is 0.770. The van der Waals surface area contributed by atoms with Crippen LogP contribution in [0.4, 0.5) is 10.1 Å². The van der Waals surface area contributed by atoms with Crippen molar-refractivity contribution < 1.29 is 4.39 Å². The highest BCUT2D eigenvalue weighted by Crippen LogP contribution is 2.25. The molecule has 2 nitrogen and oxygen atoms in total. The summed E-state index contributed by atoms with van der Waals surface area (Å²) >= 11 is 5.05. The molecular weight excluding hydrogens is 259 g/mol. The van der Waals surface area contributed by atoms with E-state index in [1.165, 1.54) is 12.1 Å². The van der Waals surface area contributed by atoms with E-state index in [1.54, 1.807) is 6.07 Å². The van der Waals surface area contributed by atoms with Gasteiger partial charge in [0.25, 0.3) is 0 Å². The van der Waals surface area contributed by atoms with Crippen molar-refractivity contribution >= 4 is 22.9 Å². The number of unbranched alkanes of at least 4 members (excludes halogenated alkanes) is 1. The van der Waals surface area contributed by atoms with E-state index >= 15 is 0 Å². The molecular formula is C15H23FN2S. The molecule has 0 spiro atoms. The number of hydrogen-bond donors (Lipinski definition) is 1. The molecule has 1 rings (SSSR count). The molecule has 0 saturated carbocycles. The number of nitrogens with two attached hydrogens (primary N) is 1. The summed E-state index contributed by atoms with van der Waals surface area (Å²) in [4.78, 5) is 2.52. The van der Waals surface area contributed by atoms with Gasteiger partial charge in [-0.25, -0.2) is 4.39 Å². The van der Waals surface area contributed by atoms with Crippen molar-refractivity contribution in [3.8, 4) is 0 Å². The molecule has 0 fully saturated rings. The molecule has 0 bridgehead atoms. The first kappa shape index (κ1) is 15.9. The van der Waals surface area contributed by atoms with Crippen molar-refractivity contribution in [2.45, 2.75) is 46.1 Å². The molecule has 2 N–H and O–H groups in total. The molecule has 0 heterocycles. The van der Waals surface area contributed by atoms with Gasteiger partial charge in [0.05, 0.1) is 0 Å². The van der Waals surface area contributed by atoms with Gasteiger partial charge in [-0.2, -0.15) is 0 Å². The summed E-state index contributed by atoms with van der Waals surface area (Å²) in [5.41, 5.74) is 7.30. The number of rotatable bonds is 7. The maximum atomic E-state index is 13.4. The Morgan fingerprint density at radius 2 is 2.11 bits per heavy atom. The van der Waals surface area contributed by atoms with Crippen LogP contribution < -0.4 is 10.6 Å². The molecule has 0 aliphatic carbocycles. The van der Waals surface area contributed by atoms with E-state index < -0.39 is 0 Å². The van der Waals surface area contributed by atoms with Gasteiger partial charge in [-0.1, -0.05) is 32.5 Å². The van der Waals surface area contributed by atoms with E-state index in [2.05, 4.69) is 25.7 Å². The molecule has 4 heteroatoms. The maximum absolute atomic E-state index is 13.4. The van der Waals surface area contributed by atoms with Crippen LogP contribution in [0, 0.1) is 5.82 Å². The first-order chi connectivity index (χ1) is 9.01. The van der Waals surface area contributed by atoms with Crippen molar-refractivity contribution in [1.29, 1.82) is 0 Å². The number of hydrogen-bond acceptors (Lipinski definition) is 2. The SMILES string of the molecule is CCCCN(c1ccc(F)cc1C(N)=S)C(C)CC. The van der Waals surface area contributed by atoms with Crippen molar-refractivity contribution in [2.75, 3.05) is 11.4 Å². The van der Waals surface area contributed by atoms with Crippen LogP contribution in [0.1, 0.15) is 45.6 Å². The van der Waals surface area contributed by atoms with Crippen LogP contribution in [-0.2, 0) is 0 Å². The molecule has 0 aliphatic heterocycles. The van der Waals surface area contributed by atoms with Crippen LogP contribution in [0.5, 0.6) is 0 Å². The van der Waals surface area contributed by atoms with Gasteiger partial charge in [0.1, 0.15) is 10.8 Å². The molecule has 1 aromatic rings. The Hall–Kier alpha value is -1.16. The second-order valence-corrected chi connectivity index (χ2v) is 5.27. The molecule has 0 radical (unpaired) electrons. The zero-order valence-electron chi connectivity index (χ0n) is 11.9. The summed E-state index contributed by atoms with van der Waals surface area (Å²) < 4.78 is 13.4. The van der Waals surface area contributed by atoms with Gasteiger partial charge in [0.15, 0.2) is 0 Å². The van der Waals surface area contributed by atoms with Gasteiger partial charge in [-0.15, -0.1) is 0 Å². The molecule has 0 saturated heterocycles. The fourth-order valence-corrected chi connectivity index (χ4v) is 2.25. The minimum atomic E-state index is -0.300. The van der Waals surface area contributed by atoms with Gasteiger partial charge < -0.3 is 10.6 Å². The van der Waals surface area contributed by atoms with Crippen LogP contribution in [0.2, 0.25) is 0 Å². The number of thiocarbonyl (C=S) groups is 1. The van der Waals surface area contributed by atoms with Crippen LogP contribution in [-0.4, -0.2) is 17.6 Å². The van der Waals surface area contributed by atoms with Gasteiger partial charge in [0, 0.05) is 23.8 Å². The van der Waals surface area contributed by atoms with E-state index in [4.69, 9.17) is 18.0 Å². The second-order valence-electron chi connectivity index (χ2n) is 4.83. The largest absolute Gasteiger partial charge is 0.389 e. The fraction of sp³-hybridized carbons (Fsp3) is 0.533. The van der Waals surface area contributed by atoms with Crippen LogP contribution >= 0.6 is 12.2 Å². The van der Waals surface area contributed by atoms with Gasteiger partial charge in [-0.05, 0) is 38.0 Å². The molecule has 0 aromatic heterocycles. The smallest absolute Gasteiger partial charge is 0.124 e. The Morgan fingerprint density at radius 1 is 1.42 bits per heavy atom. The summed E-state index contributed by atoms with van der Waals surface area (Å²) in [6.45, 7) is 7.41. The highest BCUT2D eigenvalue weighted by atomic mass is 32.1. The Bertz CT molecular complexity index is 434. The van der Waals surface area contributed by atoms with E-state index in [9.17, 15) is 4.39 Å². The third kappa shape index (κ3) is 4.16. The van der Waals surface area contributed by atoms with E-state index in [-0.39, 0.29) is 10.8 Å². The first-order valence-electron chi connectivity index (χ1n) is 6.87. The van der Waals surface area contributed by atoms with E-state index in [0.717, 1.165) is 31.5 Å². The fourth-order valence-electron chi connectivity index (χ4n) is 2.08. The van der Waals surface area contributed by atoms with E-state index in [1.807, 2.05) is 0 Å². The second kappa shape index (κ2) is 7.43. The lowest BCUT2D eigenvalue weighted by Crippen LogP contribution is -2.35. The van der Waals surface area contributed by atoms with Crippen molar-refractivity contribution in [2.24, 2.45) is 5.73 Å². The Balaban J connectivity index is 3.17. The average molecular weight is 282 g/mol. The Morgan fingerprint density at radius 3 is 2.63 bits per heavy atom. The summed E-state index contributed by atoms with van der Waals surface area (Å²) in [5.74, 6) is -0.300. The van der Waals surface area contributed by atoms with Gasteiger partial charge in [-0.3, -0.25) is 0 Å². The average Bonchev–Trinajstić information content (AvgIpc) is 2.39. The molecule has 0 amide bonds. The third-order valence-electron chi connectivity index (χ3n) is 3.41. The Labute approximate surface area is 120 Å². The van der Waals surface area contributed by atoms with Crippen LogP contribution in [0.3, 0.4) is 0 Å². The molecule has 19 heavy (non-hydrogen) atoms. The van der Waals surface area contributed by atoms with Crippen molar-refractivity contribution in [1.82, 2.24) is 0 Å². The monoisotopic (exact) mass is 282 g/mol. The number of nitrogens with zero attached hydrogens (tertiary/aromatic N) is 1. The van der Waals surface area contributed by atoms with Crippen LogP contribution in [0.15, 0.2) is 18.2 Å². The highest BCUT2D eigenvalue weighted by molar-refractivity contribution is 7.80. The van der Waals surface area contributed by atoms with Gasteiger partial charge in [0.2, 0.25) is 0 Å². The highest BCUT2D eigenvalue weighted by Gasteiger charge is 2.17. The summed E-state index contributed by atoms with van der Waals surface area (Å²) in [6.07, 6.45) is 3.24. The minimum Gasteiger partial charge on any atom is -0.389 e. The zero-order chi connectivity index (χ0) is 14.4. The number of benzene rings is 1. The van der Waals surface area contributed by atoms with Crippen molar-refractivity contribution in [3.05, 3.63) is 29.6 Å². The molecule has 0 aliphatic rings. The predicted octanol–water partition coefficient (Wildman–Crippen LogP) is 3.86. The first-order valence-corrected chi connectivity index (χ1v) is 7.28. The molecule has 106 valence electrons. The molecule has 1 aromatic carbocycles. The summed E-state index contributed by atoms with van der Waals surface area (Å²) in [7, 11) is 0. The normalized spacial score (nSPS) is 12.2. The predicted molar refractivity (Wildman–Crippen MR) is 84.3 cm³/mol. The topological polar surface area (TPSA) is 29.3 Å². The lowest BCUT2D eigenvalue weighted by molar-refractivity contribution is 0.592. The standard InChI is InChI=1S/C15H23FN2S/c1-4-6-9-18(11(3)5-2)14-8-7-12(16)10-13(14)15(17)19/h7-8,10-11H,4-6,9H2,1-3H3,(H2,17,19).